The van der Waals surface area contributed by atoms with Crippen molar-refractivity contribution in [2.45, 2.75) is 25.3 Å². The number of amides is 1. The van der Waals surface area contributed by atoms with Gasteiger partial charge in [0.05, 0.1) is 19.6 Å². The maximum absolute atomic E-state index is 13.5. The second-order valence-electron chi connectivity index (χ2n) is 6.46. The number of carbonyl (C=O) groups excluding carboxylic acids is 2. The van der Waals surface area contributed by atoms with E-state index in [2.05, 4.69) is 15.4 Å². The summed E-state index contributed by atoms with van der Waals surface area (Å²) in [7, 11) is 1.26. The van der Waals surface area contributed by atoms with Crippen LogP contribution in [-0.4, -0.2) is 25.5 Å². The fourth-order valence-corrected chi connectivity index (χ4v) is 3.18. The van der Waals surface area contributed by atoms with Crippen LogP contribution in [0.25, 0.3) is 0 Å². The summed E-state index contributed by atoms with van der Waals surface area (Å²) in [6.45, 7) is -0.159. The Morgan fingerprint density at radius 3 is 2.63 bits per heavy atom. The molecule has 27 heavy (non-hydrogen) atoms. The topological polar surface area (TPSA) is 67.4 Å². The maximum Gasteiger partial charge on any atom is 0.325 e. The van der Waals surface area contributed by atoms with Crippen molar-refractivity contribution >= 4 is 17.6 Å². The van der Waals surface area contributed by atoms with E-state index < -0.39 is 17.6 Å². The zero-order chi connectivity index (χ0) is 19.4. The normalized spacial score (nSPS) is 15.4. The molecule has 0 radical (unpaired) electrons. The molecule has 7 heteroatoms. The van der Waals surface area contributed by atoms with Crippen molar-refractivity contribution in [3.8, 4) is 0 Å². The van der Waals surface area contributed by atoms with Crippen LogP contribution in [0, 0.1) is 11.6 Å². The number of rotatable bonds is 5. The molecule has 3 rings (SSSR count). The Kier molecular flexibility index (Phi) is 5.69. The molecule has 1 atom stereocenters. The van der Waals surface area contributed by atoms with Gasteiger partial charge in [-0.2, -0.15) is 0 Å². The van der Waals surface area contributed by atoms with Gasteiger partial charge >= 0.3 is 5.97 Å². The van der Waals surface area contributed by atoms with Gasteiger partial charge in [-0.3, -0.25) is 9.59 Å². The molecule has 2 aromatic carbocycles. The Morgan fingerprint density at radius 1 is 1.19 bits per heavy atom. The molecule has 2 aromatic rings. The number of fused-ring (bicyclic) bond motifs is 1. The number of nitrogens with one attached hydrogen (secondary N) is 2. The summed E-state index contributed by atoms with van der Waals surface area (Å²) in [4.78, 5) is 23.0. The number of ether oxygens (including phenoxy) is 1. The van der Waals surface area contributed by atoms with Crippen LogP contribution in [0.1, 0.15) is 29.2 Å². The van der Waals surface area contributed by atoms with E-state index in [1.165, 1.54) is 19.2 Å². The summed E-state index contributed by atoms with van der Waals surface area (Å²) in [6, 6.07) is 8.98. The number of anilines is 1. The summed E-state index contributed by atoms with van der Waals surface area (Å²) in [5.41, 5.74) is 3.33. The minimum atomic E-state index is -0.592. The Hall–Kier alpha value is -2.96. The average Bonchev–Trinajstić information content (AvgIpc) is 2.64. The number of benzene rings is 2. The van der Waals surface area contributed by atoms with Crippen LogP contribution < -0.4 is 10.6 Å². The summed E-state index contributed by atoms with van der Waals surface area (Å²) in [5, 5.41) is 5.80. The lowest BCUT2D eigenvalue weighted by atomic mass is 9.92. The lowest BCUT2D eigenvalue weighted by Crippen LogP contribution is -2.31. The van der Waals surface area contributed by atoms with E-state index in [0.29, 0.717) is 12.0 Å². The minimum absolute atomic E-state index is 0.156. The molecule has 1 amide bonds. The van der Waals surface area contributed by atoms with Crippen LogP contribution in [0.3, 0.4) is 0 Å². The molecule has 0 saturated heterocycles. The highest BCUT2D eigenvalue weighted by Gasteiger charge is 2.21. The van der Waals surface area contributed by atoms with Crippen LogP contribution in [0.4, 0.5) is 14.5 Å². The van der Waals surface area contributed by atoms with E-state index >= 15 is 0 Å². The quantitative estimate of drug-likeness (QED) is 0.790. The fraction of sp³-hybridized carbons (Fsp3) is 0.300. The van der Waals surface area contributed by atoms with Gasteiger partial charge in [-0.1, -0.05) is 12.1 Å². The number of esters is 1. The van der Waals surface area contributed by atoms with Gasteiger partial charge in [-0.25, -0.2) is 8.78 Å². The summed E-state index contributed by atoms with van der Waals surface area (Å²) in [6.07, 6.45) is 1.57. The summed E-state index contributed by atoms with van der Waals surface area (Å²) >= 11 is 0. The standard InChI is InChI=1S/C20H20F2N2O3/c1-27-20(26)11-23-19(25)7-12-2-4-17-13(6-12)3-5-18(24-17)14-8-15(21)10-16(22)9-14/h2,4,6,8-10,18,24H,3,5,7,11H2,1H3,(H,23,25)/t18-/m0/s1. The molecule has 5 nitrogen and oxygen atoms in total. The van der Waals surface area contributed by atoms with Gasteiger partial charge in [0, 0.05) is 11.8 Å². The predicted octanol–water partition coefficient (Wildman–Crippen LogP) is 2.90. The monoisotopic (exact) mass is 374 g/mol. The molecule has 0 aliphatic carbocycles. The lowest BCUT2D eigenvalue weighted by Gasteiger charge is -2.28. The van der Waals surface area contributed by atoms with Crippen molar-refractivity contribution in [3.63, 3.8) is 0 Å². The van der Waals surface area contributed by atoms with Crippen molar-refractivity contribution in [2.75, 3.05) is 19.0 Å². The van der Waals surface area contributed by atoms with Gasteiger partial charge in [-0.05, 0) is 47.7 Å². The smallest absolute Gasteiger partial charge is 0.325 e. The summed E-state index contributed by atoms with van der Waals surface area (Å²) < 4.78 is 31.4. The first kappa shape index (κ1) is 18.8. The van der Waals surface area contributed by atoms with Crippen molar-refractivity contribution in [3.05, 3.63) is 64.7 Å². The van der Waals surface area contributed by atoms with Crippen LogP contribution in [0.15, 0.2) is 36.4 Å². The highest BCUT2D eigenvalue weighted by atomic mass is 19.1. The van der Waals surface area contributed by atoms with Gasteiger partial charge in [-0.15, -0.1) is 0 Å². The fourth-order valence-electron chi connectivity index (χ4n) is 3.18. The lowest BCUT2D eigenvalue weighted by molar-refractivity contribution is -0.141. The second kappa shape index (κ2) is 8.16. The van der Waals surface area contributed by atoms with E-state index in [1.807, 2.05) is 18.2 Å². The van der Waals surface area contributed by atoms with Crippen molar-refractivity contribution in [1.82, 2.24) is 5.32 Å². The third-order valence-electron chi connectivity index (χ3n) is 4.51. The zero-order valence-electron chi connectivity index (χ0n) is 14.9. The van der Waals surface area contributed by atoms with Gasteiger partial charge < -0.3 is 15.4 Å². The first-order valence-corrected chi connectivity index (χ1v) is 8.62. The highest BCUT2D eigenvalue weighted by molar-refractivity contribution is 5.83. The van der Waals surface area contributed by atoms with E-state index in [9.17, 15) is 18.4 Å². The van der Waals surface area contributed by atoms with Crippen LogP contribution in [0.2, 0.25) is 0 Å². The molecular formula is C20H20F2N2O3. The van der Waals surface area contributed by atoms with E-state index in [1.54, 1.807) is 0 Å². The molecular weight excluding hydrogens is 354 g/mol. The number of methoxy groups -OCH3 is 1. The number of halogens is 2. The van der Waals surface area contributed by atoms with Crippen molar-refractivity contribution in [2.24, 2.45) is 0 Å². The Labute approximate surface area is 155 Å². The highest BCUT2D eigenvalue weighted by Crippen LogP contribution is 2.33. The number of carbonyl (C=O) groups is 2. The number of hydrogen-bond acceptors (Lipinski definition) is 4. The molecule has 1 aliphatic rings. The molecule has 0 spiro atoms. The van der Waals surface area contributed by atoms with Gasteiger partial charge in [0.15, 0.2) is 0 Å². The molecule has 2 N–H and O–H groups in total. The molecule has 1 aliphatic heterocycles. The maximum atomic E-state index is 13.5. The second-order valence-corrected chi connectivity index (χ2v) is 6.46. The first-order chi connectivity index (χ1) is 12.9. The van der Waals surface area contributed by atoms with Gasteiger partial charge in [0.25, 0.3) is 0 Å². The van der Waals surface area contributed by atoms with Crippen LogP contribution in [0.5, 0.6) is 0 Å². The number of hydrogen-bond donors (Lipinski definition) is 2. The number of aryl methyl sites for hydroxylation is 1. The largest absolute Gasteiger partial charge is 0.468 e. The third-order valence-corrected chi connectivity index (χ3v) is 4.51. The Morgan fingerprint density at radius 2 is 1.93 bits per heavy atom. The van der Waals surface area contributed by atoms with E-state index in [4.69, 9.17) is 0 Å². The molecule has 0 aromatic heterocycles. The van der Waals surface area contributed by atoms with E-state index in [0.717, 1.165) is 29.3 Å². The predicted molar refractivity (Wildman–Crippen MR) is 96.2 cm³/mol. The first-order valence-electron chi connectivity index (χ1n) is 8.62. The van der Waals surface area contributed by atoms with Crippen LogP contribution >= 0.6 is 0 Å². The van der Waals surface area contributed by atoms with Crippen molar-refractivity contribution in [1.29, 1.82) is 0 Å². The summed E-state index contributed by atoms with van der Waals surface area (Å²) in [5.74, 6) is -1.95. The molecule has 1 heterocycles. The molecule has 0 fully saturated rings. The SMILES string of the molecule is COC(=O)CNC(=O)Cc1ccc2c(c1)CC[C@@H](c1cc(F)cc(F)c1)N2. The Bertz CT molecular complexity index is 850. The van der Waals surface area contributed by atoms with Gasteiger partial charge in [0.2, 0.25) is 5.91 Å². The molecule has 0 saturated carbocycles. The van der Waals surface area contributed by atoms with Crippen LogP contribution in [-0.2, 0) is 27.2 Å². The zero-order valence-corrected chi connectivity index (χ0v) is 14.9. The molecule has 142 valence electrons. The molecule has 0 unspecified atom stereocenters. The van der Waals surface area contributed by atoms with Crippen molar-refractivity contribution < 1.29 is 23.1 Å². The molecule has 0 bridgehead atoms. The van der Waals surface area contributed by atoms with E-state index in [-0.39, 0.29) is 24.9 Å². The minimum Gasteiger partial charge on any atom is -0.468 e. The van der Waals surface area contributed by atoms with Gasteiger partial charge in [0.1, 0.15) is 18.2 Å². The average molecular weight is 374 g/mol. The Balaban J connectivity index is 1.65. The third kappa shape index (κ3) is 4.81.